The van der Waals surface area contributed by atoms with Crippen molar-refractivity contribution in [2.24, 2.45) is 0 Å². The Morgan fingerprint density at radius 3 is 1.14 bits per heavy atom. The molecule has 0 aromatic carbocycles. The van der Waals surface area contributed by atoms with Crippen molar-refractivity contribution < 1.29 is 28.6 Å². The van der Waals surface area contributed by atoms with Gasteiger partial charge in [0.05, 0.1) is 0 Å². The molecule has 0 spiro atoms. The second-order valence-corrected chi connectivity index (χ2v) is 14.9. The van der Waals surface area contributed by atoms with Gasteiger partial charge in [0.15, 0.2) is 6.10 Å². The minimum Gasteiger partial charge on any atom is -0.462 e. The average Bonchev–Trinajstić information content (AvgIpc) is 3.21. The number of rotatable bonds is 40. The summed E-state index contributed by atoms with van der Waals surface area (Å²) in [6.07, 6.45) is 57.4. The lowest BCUT2D eigenvalue weighted by atomic mass is 10.1. The molecule has 0 amide bonds. The molecule has 6 nitrogen and oxygen atoms in total. The molecule has 1 unspecified atom stereocenters. The largest absolute Gasteiger partial charge is 0.462 e. The van der Waals surface area contributed by atoms with E-state index in [-0.39, 0.29) is 31.1 Å². The van der Waals surface area contributed by atoms with Gasteiger partial charge in [-0.1, -0.05) is 176 Å². The summed E-state index contributed by atoms with van der Waals surface area (Å²) < 4.78 is 16.6. The Morgan fingerprint density at radius 1 is 0.368 bits per heavy atom. The molecule has 0 rings (SSSR count). The van der Waals surface area contributed by atoms with Gasteiger partial charge in [0.2, 0.25) is 0 Å². The Bertz CT molecular complexity index is 1140. The normalized spacial score (nSPS) is 12.8. The Morgan fingerprint density at radius 2 is 0.719 bits per heavy atom. The summed E-state index contributed by atoms with van der Waals surface area (Å²) in [5.74, 6) is -0.946. The molecule has 0 aliphatic heterocycles. The second kappa shape index (κ2) is 45.3. The highest BCUT2D eigenvalue weighted by Crippen LogP contribution is 2.12. The van der Waals surface area contributed by atoms with Crippen LogP contribution in [-0.2, 0) is 28.6 Å². The van der Waals surface area contributed by atoms with Gasteiger partial charge in [-0.25, -0.2) is 0 Å². The Labute approximate surface area is 350 Å². The van der Waals surface area contributed by atoms with Crippen LogP contribution in [0.25, 0.3) is 0 Å². The summed E-state index contributed by atoms with van der Waals surface area (Å²) in [5.41, 5.74) is 0. The summed E-state index contributed by atoms with van der Waals surface area (Å²) in [5, 5.41) is 0. The van der Waals surface area contributed by atoms with Gasteiger partial charge in [0.25, 0.3) is 0 Å². The Balaban J connectivity index is 4.26. The van der Waals surface area contributed by atoms with Crippen LogP contribution in [0.15, 0.2) is 85.1 Å². The quantitative estimate of drug-likeness (QED) is 0.0266. The molecule has 0 aliphatic rings. The molecule has 0 radical (unpaired) electrons. The van der Waals surface area contributed by atoms with Gasteiger partial charge < -0.3 is 14.2 Å². The van der Waals surface area contributed by atoms with Crippen molar-refractivity contribution in [2.75, 3.05) is 13.2 Å². The van der Waals surface area contributed by atoms with E-state index in [4.69, 9.17) is 14.2 Å². The fourth-order valence-corrected chi connectivity index (χ4v) is 5.92. The molecule has 0 heterocycles. The molecule has 324 valence electrons. The van der Waals surface area contributed by atoms with Crippen LogP contribution in [-0.4, -0.2) is 37.2 Å². The predicted octanol–water partition coefficient (Wildman–Crippen LogP) is 14.9. The molecule has 57 heavy (non-hydrogen) atoms. The van der Waals surface area contributed by atoms with Gasteiger partial charge in [-0.3, -0.25) is 14.4 Å². The second-order valence-electron chi connectivity index (χ2n) is 14.9. The maximum absolute atomic E-state index is 12.7. The first-order valence-corrected chi connectivity index (χ1v) is 23.1. The van der Waals surface area contributed by atoms with E-state index in [1.807, 2.05) is 0 Å². The van der Waals surface area contributed by atoms with E-state index in [1.165, 1.54) is 12.8 Å². The molecule has 0 aromatic rings. The van der Waals surface area contributed by atoms with E-state index >= 15 is 0 Å². The van der Waals surface area contributed by atoms with E-state index in [0.717, 1.165) is 148 Å². The number of esters is 3. The number of carbonyl (C=O) groups is 3. The van der Waals surface area contributed by atoms with Crippen molar-refractivity contribution >= 4 is 17.9 Å². The fourth-order valence-electron chi connectivity index (χ4n) is 5.92. The molecule has 0 saturated carbocycles. The molecular weight excluding hydrogens is 709 g/mol. The zero-order chi connectivity index (χ0) is 41.5. The summed E-state index contributed by atoms with van der Waals surface area (Å²) >= 11 is 0. The van der Waals surface area contributed by atoms with Crippen LogP contribution in [0, 0.1) is 0 Å². The topological polar surface area (TPSA) is 78.9 Å². The highest BCUT2D eigenvalue weighted by Gasteiger charge is 2.19. The van der Waals surface area contributed by atoms with E-state index in [2.05, 4.69) is 106 Å². The van der Waals surface area contributed by atoms with Gasteiger partial charge in [-0.05, 0) is 89.9 Å². The highest BCUT2D eigenvalue weighted by atomic mass is 16.6. The van der Waals surface area contributed by atoms with Crippen molar-refractivity contribution in [3.8, 4) is 0 Å². The lowest BCUT2D eigenvalue weighted by molar-refractivity contribution is -0.167. The molecule has 0 saturated heterocycles. The van der Waals surface area contributed by atoms with Crippen LogP contribution in [0.3, 0.4) is 0 Å². The number of allylic oxidation sites excluding steroid dienone is 14. The van der Waals surface area contributed by atoms with Crippen LogP contribution in [0.5, 0.6) is 0 Å². The Kier molecular flexibility index (Phi) is 42.6. The summed E-state index contributed by atoms with van der Waals surface area (Å²) in [6.45, 7) is 6.32. The Hall–Kier alpha value is -3.41. The zero-order valence-electron chi connectivity index (χ0n) is 36.8. The molecular formula is C51H84O6. The molecule has 0 fully saturated rings. The highest BCUT2D eigenvalue weighted by molar-refractivity contribution is 5.71. The molecule has 6 heteroatoms. The van der Waals surface area contributed by atoms with Crippen molar-refractivity contribution in [2.45, 2.75) is 207 Å². The van der Waals surface area contributed by atoms with Crippen LogP contribution >= 0.6 is 0 Å². The third-order valence-corrected chi connectivity index (χ3v) is 9.36. The fraction of sp³-hybridized carbons (Fsp3) is 0.667. The molecule has 0 aromatic heterocycles. The number of carbonyl (C=O) groups excluding carboxylic acids is 3. The van der Waals surface area contributed by atoms with Gasteiger partial charge >= 0.3 is 17.9 Å². The first kappa shape index (κ1) is 53.6. The smallest absolute Gasteiger partial charge is 0.306 e. The van der Waals surface area contributed by atoms with E-state index < -0.39 is 6.10 Å². The SMILES string of the molecule is CC/C=C\C/C=C\C/C=C\C/C=C\C/C=C\CCCCCCCC(=O)OCC(COC(=O)CCCCCCC)OC(=O)CCCCCCC/C=C\C/C=C\CCC. The van der Waals surface area contributed by atoms with Crippen molar-refractivity contribution in [1.29, 1.82) is 0 Å². The minimum absolute atomic E-state index is 0.0907. The lowest BCUT2D eigenvalue weighted by Crippen LogP contribution is -2.30. The standard InChI is InChI=1S/C51H84O6/c1-4-7-10-13-15-17-19-21-22-23-24-25-26-27-28-30-31-33-35-38-41-44-50(53)56-47-48(46-55-49(52)43-40-37-12-9-6-3)57-51(54)45-42-39-36-34-32-29-20-18-16-14-11-8-5-2/h7,10-11,14-15,17-18,20-22,24-25,27-28,48H,4-6,8-9,12-13,16,19,23,26,29-47H2,1-3H3/b10-7-,14-11-,17-15-,20-18-,22-21-,25-24-,28-27-. The van der Waals surface area contributed by atoms with E-state index in [9.17, 15) is 14.4 Å². The lowest BCUT2D eigenvalue weighted by Gasteiger charge is -2.18. The first-order chi connectivity index (χ1) is 28.0. The van der Waals surface area contributed by atoms with Crippen molar-refractivity contribution in [3.05, 3.63) is 85.1 Å². The van der Waals surface area contributed by atoms with Crippen LogP contribution in [0.2, 0.25) is 0 Å². The zero-order valence-corrected chi connectivity index (χ0v) is 36.8. The van der Waals surface area contributed by atoms with E-state index in [1.54, 1.807) is 0 Å². The number of hydrogen-bond donors (Lipinski definition) is 0. The summed E-state index contributed by atoms with van der Waals surface area (Å²) in [4.78, 5) is 37.5. The third kappa shape index (κ3) is 43.6. The van der Waals surface area contributed by atoms with Crippen molar-refractivity contribution in [3.63, 3.8) is 0 Å². The molecule has 0 bridgehead atoms. The monoisotopic (exact) mass is 793 g/mol. The van der Waals surface area contributed by atoms with Crippen molar-refractivity contribution in [1.82, 2.24) is 0 Å². The average molecular weight is 793 g/mol. The minimum atomic E-state index is -0.787. The molecule has 0 N–H and O–H groups in total. The van der Waals surface area contributed by atoms with Gasteiger partial charge in [0.1, 0.15) is 13.2 Å². The van der Waals surface area contributed by atoms with Gasteiger partial charge in [-0.15, -0.1) is 0 Å². The maximum Gasteiger partial charge on any atom is 0.306 e. The number of ether oxygens (including phenoxy) is 3. The summed E-state index contributed by atoms with van der Waals surface area (Å²) in [6, 6.07) is 0. The number of hydrogen-bond acceptors (Lipinski definition) is 6. The van der Waals surface area contributed by atoms with Gasteiger partial charge in [-0.2, -0.15) is 0 Å². The first-order valence-electron chi connectivity index (χ1n) is 23.1. The van der Waals surface area contributed by atoms with Crippen LogP contribution in [0.1, 0.15) is 201 Å². The van der Waals surface area contributed by atoms with E-state index in [0.29, 0.717) is 19.3 Å². The maximum atomic E-state index is 12.7. The van der Waals surface area contributed by atoms with Gasteiger partial charge in [0, 0.05) is 19.3 Å². The predicted molar refractivity (Wildman–Crippen MR) is 242 cm³/mol. The summed E-state index contributed by atoms with van der Waals surface area (Å²) in [7, 11) is 0. The third-order valence-electron chi connectivity index (χ3n) is 9.36. The van der Waals surface area contributed by atoms with Crippen LogP contribution < -0.4 is 0 Å². The molecule has 0 aliphatic carbocycles. The number of unbranched alkanes of at least 4 members (excludes halogenated alkanes) is 15. The molecule has 1 atom stereocenters. The van der Waals surface area contributed by atoms with Crippen LogP contribution in [0.4, 0.5) is 0 Å².